The van der Waals surface area contributed by atoms with E-state index in [4.69, 9.17) is 9.84 Å². The van der Waals surface area contributed by atoms with Crippen LogP contribution in [0.15, 0.2) is 30.3 Å². The molecule has 0 aliphatic heterocycles. The zero-order chi connectivity index (χ0) is 21.2. The summed E-state index contributed by atoms with van der Waals surface area (Å²) in [6.45, 7) is 0. The van der Waals surface area contributed by atoms with Gasteiger partial charge in [0.25, 0.3) is 0 Å². The summed E-state index contributed by atoms with van der Waals surface area (Å²) in [7, 11) is 0. The highest BCUT2D eigenvalue weighted by Gasteiger charge is 2.41. The minimum atomic E-state index is -1.28. The van der Waals surface area contributed by atoms with Crippen molar-refractivity contribution >= 4 is 11.9 Å². The summed E-state index contributed by atoms with van der Waals surface area (Å²) in [5.41, 5.74) is 0. The fraction of sp³-hybridized carbons (Fsp3) is 0.636. The molecule has 0 bridgehead atoms. The molecule has 1 aliphatic carbocycles. The standard InChI is InChI=1S/C22H32O7/c23-18(22(28)29-15-8-4-3-5-9-15)13-12-17-16(19(24)14-20(17)25)10-6-1-2-7-11-21(26)27/h3-5,8-9,16-20,23-25H,1-2,6-7,10-14H2,(H,26,27). The predicted molar refractivity (Wildman–Crippen MR) is 106 cm³/mol. The van der Waals surface area contributed by atoms with E-state index in [9.17, 15) is 24.9 Å². The summed E-state index contributed by atoms with van der Waals surface area (Å²) < 4.78 is 5.14. The van der Waals surface area contributed by atoms with Crippen molar-refractivity contribution in [3.05, 3.63) is 30.3 Å². The third-order valence-corrected chi connectivity index (χ3v) is 5.71. The number of benzene rings is 1. The van der Waals surface area contributed by atoms with Crippen molar-refractivity contribution in [1.82, 2.24) is 0 Å². The molecule has 1 aliphatic rings. The Hall–Kier alpha value is -1.96. The Morgan fingerprint density at radius 3 is 2.24 bits per heavy atom. The van der Waals surface area contributed by atoms with Crippen molar-refractivity contribution < 1.29 is 34.8 Å². The largest absolute Gasteiger partial charge is 0.481 e. The van der Waals surface area contributed by atoms with E-state index in [0.29, 0.717) is 25.0 Å². The molecule has 0 radical (unpaired) electrons. The number of ether oxygens (including phenoxy) is 1. The van der Waals surface area contributed by atoms with Crippen molar-refractivity contribution in [3.63, 3.8) is 0 Å². The van der Waals surface area contributed by atoms with Gasteiger partial charge < -0.3 is 25.2 Å². The summed E-state index contributed by atoms with van der Waals surface area (Å²) >= 11 is 0. The van der Waals surface area contributed by atoms with Crippen molar-refractivity contribution in [2.45, 2.75) is 76.1 Å². The number of unbranched alkanes of at least 4 members (excludes halogenated alkanes) is 3. The van der Waals surface area contributed by atoms with Gasteiger partial charge in [-0.3, -0.25) is 4.79 Å². The van der Waals surface area contributed by atoms with Gasteiger partial charge >= 0.3 is 11.9 Å². The van der Waals surface area contributed by atoms with E-state index in [0.717, 1.165) is 25.7 Å². The lowest BCUT2D eigenvalue weighted by molar-refractivity contribution is -0.144. The number of carbonyl (C=O) groups excluding carboxylic acids is 1. The first kappa shape index (κ1) is 23.3. The smallest absolute Gasteiger partial charge is 0.340 e. The molecule has 0 saturated heterocycles. The van der Waals surface area contributed by atoms with Gasteiger partial charge in [0.1, 0.15) is 5.75 Å². The van der Waals surface area contributed by atoms with Gasteiger partial charge in [-0.05, 0) is 56.1 Å². The van der Waals surface area contributed by atoms with Gasteiger partial charge in [0, 0.05) is 6.42 Å². The minimum absolute atomic E-state index is 0.0817. The average Bonchev–Trinajstić information content (AvgIpc) is 2.95. The van der Waals surface area contributed by atoms with Crippen LogP contribution in [0.5, 0.6) is 5.75 Å². The molecule has 4 N–H and O–H groups in total. The Kier molecular flexibility index (Phi) is 9.57. The molecule has 1 fully saturated rings. The number of hydrogen-bond acceptors (Lipinski definition) is 6. The molecule has 5 unspecified atom stereocenters. The Labute approximate surface area is 171 Å². The summed E-state index contributed by atoms with van der Waals surface area (Å²) in [5.74, 6) is -1.40. The van der Waals surface area contributed by atoms with Crippen LogP contribution in [0.2, 0.25) is 0 Å². The highest BCUT2D eigenvalue weighted by atomic mass is 16.5. The molecule has 0 spiro atoms. The molecular formula is C22H32O7. The molecule has 162 valence electrons. The van der Waals surface area contributed by atoms with Crippen LogP contribution in [-0.2, 0) is 9.59 Å². The number of esters is 1. The molecule has 1 saturated carbocycles. The van der Waals surface area contributed by atoms with E-state index in [-0.39, 0.29) is 24.7 Å². The molecule has 0 aromatic heterocycles. The van der Waals surface area contributed by atoms with E-state index in [2.05, 4.69) is 0 Å². The maximum absolute atomic E-state index is 12.0. The van der Waals surface area contributed by atoms with E-state index < -0.39 is 30.3 Å². The molecule has 2 rings (SSSR count). The lowest BCUT2D eigenvalue weighted by Crippen LogP contribution is -2.29. The van der Waals surface area contributed by atoms with Gasteiger partial charge in [-0.2, -0.15) is 0 Å². The van der Waals surface area contributed by atoms with Crippen molar-refractivity contribution in [1.29, 1.82) is 0 Å². The normalized spacial score (nSPS) is 24.9. The van der Waals surface area contributed by atoms with Gasteiger partial charge in [-0.15, -0.1) is 0 Å². The summed E-state index contributed by atoms with van der Waals surface area (Å²) in [4.78, 5) is 22.6. The number of para-hydroxylation sites is 1. The molecule has 29 heavy (non-hydrogen) atoms. The maximum Gasteiger partial charge on any atom is 0.340 e. The molecule has 1 aromatic rings. The van der Waals surface area contributed by atoms with Crippen LogP contribution in [0.3, 0.4) is 0 Å². The monoisotopic (exact) mass is 408 g/mol. The maximum atomic E-state index is 12.0. The molecule has 1 aromatic carbocycles. The average molecular weight is 408 g/mol. The van der Waals surface area contributed by atoms with Gasteiger partial charge in [-0.1, -0.05) is 37.5 Å². The van der Waals surface area contributed by atoms with E-state index in [1.165, 1.54) is 0 Å². The van der Waals surface area contributed by atoms with Crippen LogP contribution in [0, 0.1) is 11.8 Å². The number of aliphatic carboxylic acids is 1. The van der Waals surface area contributed by atoms with Gasteiger partial charge in [-0.25, -0.2) is 4.79 Å². The van der Waals surface area contributed by atoms with Crippen LogP contribution >= 0.6 is 0 Å². The molecule has 7 nitrogen and oxygen atoms in total. The number of rotatable bonds is 12. The minimum Gasteiger partial charge on any atom is -0.481 e. The van der Waals surface area contributed by atoms with Crippen molar-refractivity contribution in [3.8, 4) is 5.75 Å². The SMILES string of the molecule is O=C(O)CCCCCCC1C(O)CC(O)C1CCC(O)C(=O)Oc1ccccc1. The topological polar surface area (TPSA) is 124 Å². The third-order valence-electron chi connectivity index (χ3n) is 5.71. The van der Waals surface area contributed by atoms with E-state index in [1.807, 2.05) is 0 Å². The first-order chi connectivity index (χ1) is 13.9. The predicted octanol–water partition coefficient (Wildman–Crippen LogP) is 2.52. The quantitative estimate of drug-likeness (QED) is 0.238. The van der Waals surface area contributed by atoms with Crippen LogP contribution in [0.1, 0.15) is 57.8 Å². The summed E-state index contributed by atoms with van der Waals surface area (Å²) in [6.07, 6.45) is 2.47. The van der Waals surface area contributed by atoms with Crippen LogP contribution in [-0.4, -0.2) is 50.7 Å². The second-order valence-electron chi connectivity index (χ2n) is 7.87. The van der Waals surface area contributed by atoms with Crippen LogP contribution in [0.4, 0.5) is 0 Å². The van der Waals surface area contributed by atoms with Crippen LogP contribution in [0.25, 0.3) is 0 Å². The fourth-order valence-electron chi connectivity index (χ4n) is 4.13. The molecule has 0 amide bonds. The molecule has 5 atom stereocenters. The van der Waals surface area contributed by atoms with Crippen molar-refractivity contribution in [2.75, 3.05) is 0 Å². The third kappa shape index (κ3) is 7.76. The Balaban J connectivity index is 1.76. The summed E-state index contributed by atoms with van der Waals surface area (Å²) in [6, 6.07) is 8.53. The first-order valence-corrected chi connectivity index (χ1v) is 10.4. The van der Waals surface area contributed by atoms with Gasteiger partial charge in [0.05, 0.1) is 12.2 Å². The molecular weight excluding hydrogens is 376 g/mol. The molecule has 0 heterocycles. The fourth-order valence-corrected chi connectivity index (χ4v) is 4.13. The van der Waals surface area contributed by atoms with Crippen LogP contribution < -0.4 is 4.74 Å². The number of carboxylic acids is 1. The number of carboxylic acid groups (broad SMARTS) is 1. The zero-order valence-corrected chi connectivity index (χ0v) is 16.7. The summed E-state index contributed by atoms with van der Waals surface area (Å²) in [5, 5.41) is 39.4. The Morgan fingerprint density at radius 1 is 0.966 bits per heavy atom. The second-order valence-corrected chi connectivity index (χ2v) is 7.87. The lowest BCUT2D eigenvalue weighted by Gasteiger charge is -2.24. The number of carbonyl (C=O) groups is 2. The van der Waals surface area contributed by atoms with Crippen molar-refractivity contribution in [2.24, 2.45) is 11.8 Å². The van der Waals surface area contributed by atoms with Gasteiger partial charge in [0.15, 0.2) is 6.10 Å². The number of hydrogen-bond donors (Lipinski definition) is 4. The van der Waals surface area contributed by atoms with Gasteiger partial charge in [0.2, 0.25) is 0 Å². The second kappa shape index (κ2) is 11.9. The number of aliphatic hydroxyl groups is 3. The Morgan fingerprint density at radius 2 is 1.59 bits per heavy atom. The zero-order valence-electron chi connectivity index (χ0n) is 16.7. The van der Waals surface area contributed by atoms with E-state index in [1.54, 1.807) is 30.3 Å². The highest BCUT2D eigenvalue weighted by molar-refractivity contribution is 5.76. The highest BCUT2D eigenvalue weighted by Crippen LogP contribution is 2.39. The number of aliphatic hydroxyl groups excluding tert-OH is 3. The van der Waals surface area contributed by atoms with E-state index >= 15 is 0 Å². The Bertz CT molecular complexity index is 633. The first-order valence-electron chi connectivity index (χ1n) is 10.4. The molecule has 7 heteroatoms. The lowest BCUT2D eigenvalue weighted by atomic mass is 9.85.